The first-order valence-corrected chi connectivity index (χ1v) is 11.5. The van der Waals surface area contributed by atoms with Crippen molar-refractivity contribution in [1.82, 2.24) is 10.0 Å². The van der Waals surface area contributed by atoms with Crippen LogP contribution in [-0.2, 0) is 27.9 Å². The molecule has 0 aliphatic heterocycles. The fraction of sp³-hybridized carbons (Fsp3) is 0.350. The highest BCUT2D eigenvalue weighted by Gasteiger charge is 2.30. The van der Waals surface area contributed by atoms with Crippen LogP contribution in [0.1, 0.15) is 41.3 Å². The Labute approximate surface area is 180 Å². The van der Waals surface area contributed by atoms with Gasteiger partial charge < -0.3 is 10.1 Å². The van der Waals surface area contributed by atoms with E-state index in [0.717, 1.165) is 24.0 Å². The third-order valence-corrected chi connectivity index (χ3v) is 6.70. The van der Waals surface area contributed by atoms with Crippen molar-refractivity contribution in [2.75, 3.05) is 6.61 Å². The quantitative estimate of drug-likeness (QED) is 0.598. The minimum absolute atomic E-state index is 0.0235. The van der Waals surface area contributed by atoms with Gasteiger partial charge in [-0.1, -0.05) is 47.5 Å². The van der Waals surface area contributed by atoms with Gasteiger partial charge >= 0.3 is 0 Å². The Balaban J connectivity index is 1.71. The molecule has 0 bridgehead atoms. The average Bonchev–Trinajstić information content (AvgIpc) is 3.48. The first-order chi connectivity index (χ1) is 13.8. The highest BCUT2D eigenvalue weighted by Crippen LogP contribution is 2.30. The van der Waals surface area contributed by atoms with Crippen LogP contribution in [-0.4, -0.2) is 27.0 Å². The van der Waals surface area contributed by atoms with Crippen LogP contribution in [0.15, 0.2) is 41.3 Å². The Kier molecular flexibility index (Phi) is 7.19. The van der Waals surface area contributed by atoms with Crippen LogP contribution in [0.5, 0.6) is 0 Å². The van der Waals surface area contributed by atoms with Gasteiger partial charge in [0.1, 0.15) is 4.90 Å². The number of sulfonamides is 1. The van der Waals surface area contributed by atoms with E-state index in [-0.39, 0.29) is 33.1 Å². The lowest BCUT2D eigenvalue weighted by atomic mass is 10.1. The van der Waals surface area contributed by atoms with Gasteiger partial charge in [0, 0.05) is 19.2 Å². The topological polar surface area (TPSA) is 84.5 Å². The number of carbonyl (C=O) groups excluding carboxylic acids is 1. The fourth-order valence-corrected chi connectivity index (χ4v) is 4.81. The Hall–Kier alpha value is -1.64. The molecule has 6 nitrogen and oxygen atoms in total. The Morgan fingerprint density at radius 3 is 2.38 bits per heavy atom. The summed E-state index contributed by atoms with van der Waals surface area (Å²) in [5.41, 5.74) is 1.99. The van der Waals surface area contributed by atoms with Crippen molar-refractivity contribution in [1.29, 1.82) is 0 Å². The number of benzene rings is 2. The molecule has 2 aromatic rings. The van der Waals surface area contributed by atoms with Crippen LogP contribution in [0.3, 0.4) is 0 Å². The molecule has 2 aromatic carbocycles. The Morgan fingerprint density at radius 1 is 1.10 bits per heavy atom. The lowest BCUT2D eigenvalue weighted by Crippen LogP contribution is -2.27. The molecule has 9 heteroatoms. The van der Waals surface area contributed by atoms with E-state index in [2.05, 4.69) is 10.0 Å². The molecular weight excluding hydrogens is 435 g/mol. The summed E-state index contributed by atoms with van der Waals surface area (Å²) in [6.45, 7) is 3.39. The minimum Gasteiger partial charge on any atom is -0.377 e. The molecule has 1 aliphatic rings. The molecular formula is C20H22Cl2N2O4S. The molecule has 0 spiro atoms. The van der Waals surface area contributed by atoms with Gasteiger partial charge in [0.05, 0.1) is 22.2 Å². The standard InChI is InChI=1S/C20H22Cl2N2O4S/c1-2-28-12-14-5-3-13(4-6-14)11-23-20(25)16-9-19(18(22)10-17(16)21)29(26,27)24-15-7-8-15/h3-6,9-10,15,24H,2,7-8,11-12H2,1H3,(H,23,25). The number of nitrogens with one attached hydrogen (secondary N) is 2. The summed E-state index contributed by atoms with van der Waals surface area (Å²) >= 11 is 12.2. The SMILES string of the molecule is CCOCc1ccc(CNC(=O)c2cc(S(=O)(=O)NC3CC3)c(Cl)cc2Cl)cc1. The van der Waals surface area contributed by atoms with Gasteiger partial charge in [-0.2, -0.15) is 0 Å². The third kappa shape index (κ3) is 5.93. The summed E-state index contributed by atoms with van der Waals surface area (Å²) in [7, 11) is -3.81. The molecule has 1 fully saturated rings. The van der Waals surface area contributed by atoms with Crippen LogP contribution < -0.4 is 10.0 Å². The molecule has 1 saturated carbocycles. The van der Waals surface area contributed by atoms with E-state index < -0.39 is 15.9 Å². The lowest BCUT2D eigenvalue weighted by Gasteiger charge is -2.12. The number of rotatable bonds is 9. The summed E-state index contributed by atoms with van der Waals surface area (Å²) in [4.78, 5) is 12.4. The number of carbonyl (C=O) groups is 1. The largest absolute Gasteiger partial charge is 0.377 e. The smallest absolute Gasteiger partial charge is 0.253 e. The predicted molar refractivity (Wildman–Crippen MR) is 113 cm³/mol. The second-order valence-corrected chi connectivity index (χ2v) is 9.29. The second-order valence-electron chi connectivity index (χ2n) is 6.79. The molecule has 0 radical (unpaired) electrons. The first kappa shape index (κ1) is 22.1. The van der Waals surface area contributed by atoms with Crippen LogP contribution >= 0.6 is 23.2 Å². The number of hydrogen-bond acceptors (Lipinski definition) is 4. The van der Waals surface area contributed by atoms with Crippen molar-refractivity contribution < 1.29 is 17.9 Å². The van der Waals surface area contributed by atoms with Gasteiger partial charge in [-0.3, -0.25) is 4.79 Å². The number of halogens is 2. The van der Waals surface area contributed by atoms with Gasteiger partial charge in [-0.05, 0) is 43.0 Å². The zero-order chi connectivity index (χ0) is 21.0. The lowest BCUT2D eigenvalue weighted by molar-refractivity contribution is 0.0951. The molecule has 0 heterocycles. The Morgan fingerprint density at radius 2 is 1.76 bits per heavy atom. The average molecular weight is 457 g/mol. The van der Waals surface area contributed by atoms with Crippen LogP contribution in [0.25, 0.3) is 0 Å². The van der Waals surface area contributed by atoms with Crippen molar-refractivity contribution in [2.24, 2.45) is 0 Å². The number of hydrogen-bond donors (Lipinski definition) is 2. The van der Waals surface area contributed by atoms with Crippen molar-refractivity contribution in [3.8, 4) is 0 Å². The van der Waals surface area contributed by atoms with Crippen molar-refractivity contribution in [3.05, 3.63) is 63.1 Å². The molecule has 0 atom stereocenters. The van der Waals surface area contributed by atoms with Gasteiger partial charge in [0.2, 0.25) is 10.0 Å². The molecule has 0 aromatic heterocycles. The highest BCUT2D eigenvalue weighted by molar-refractivity contribution is 7.89. The zero-order valence-corrected chi connectivity index (χ0v) is 18.2. The molecule has 1 aliphatic carbocycles. The maximum atomic E-state index is 12.6. The molecule has 0 unspecified atom stereocenters. The number of ether oxygens (including phenoxy) is 1. The Bertz CT molecular complexity index is 990. The minimum atomic E-state index is -3.81. The molecule has 2 N–H and O–H groups in total. The van der Waals surface area contributed by atoms with Crippen LogP contribution in [0.2, 0.25) is 10.0 Å². The van der Waals surface area contributed by atoms with Crippen LogP contribution in [0.4, 0.5) is 0 Å². The molecule has 156 valence electrons. The van der Waals surface area contributed by atoms with E-state index in [1.807, 2.05) is 31.2 Å². The van der Waals surface area contributed by atoms with E-state index in [0.29, 0.717) is 13.2 Å². The van der Waals surface area contributed by atoms with Gasteiger partial charge in [0.15, 0.2) is 0 Å². The maximum Gasteiger partial charge on any atom is 0.253 e. The second kappa shape index (κ2) is 9.45. The van der Waals surface area contributed by atoms with E-state index in [4.69, 9.17) is 27.9 Å². The summed E-state index contributed by atoms with van der Waals surface area (Å²) < 4.78 is 32.9. The highest BCUT2D eigenvalue weighted by atomic mass is 35.5. The van der Waals surface area contributed by atoms with E-state index in [1.54, 1.807) is 0 Å². The van der Waals surface area contributed by atoms with Crippen molar-refractivity contribution in [2.45, 2.75) is 43.9 Å². The summed E-state index contributed by atoms with van der Waals surface area (Å²) in [6, 6.07) is 10.1. The zero-order valence-electron chi connectivity index (χ0n) is 15.9. The van der Waals surface area contributed by atoms with E-state index in [1.165, 1.54) is 12.1 Å². The number of amides is 1. The first-order valence-electron chi connectivity index (χ1n) is 9.25. The maximum absolute atomic E-state index is 12.6. The monoisotopic (exact) mass is 456 g/mol. The summed E-state index contributed by atoms with van der Waals surface area (Å²) in [5.74, 6) is -0.479. The molecule has 0 saturated heterocycles. The van der Waals surface area contributed by atoms with Gasteiger partial charge in [-0.25, -0.2) is 13.1 Å². The summed E-state index contributed by atoms with van der Waals surface area (Å²) in [5, 5.41) is 2.82. The van der Waals surface area contributed by atoms with Crippen molar-refractivity contribution in [3.63, 3.8) is 0 Å². The van der Waals surface area contributed by atoms with Crippen molar-refractivity contribution >= 4 is 39.1 Å². The molecule has 29 heavy (non-hydrogen) atoms. The fourth-order valence-electron chi connectivity index (χ4n) is 2.64. The third-order valence-electron chi connectivity index (χ3n) is 4.40. The van der Waals surface area contributed by atoms with Gasteiger partial charge in [0.25, 0.3) is 5.91 Å². The van der Waals surface area contributed by atoms with E-state index >= 15 is 0 Å². The molecule has 1 amide bonds. The molecule has 3 rings (SSSR count). The summed E-state index contributed by atoms with van der Waals surface area (Å²) in [6.07, 6.45) is 1.59. The van der Waals surface area contributed by atoms with E-state index in [9.17, 15) is 13.2 Å². The van der Waals surface area contributed by atoms with Gasteiger partial charge in [-0.15, -0.1) is 0 Å². The predicted octanol–water partition coefficient (Wildman–Crippen LogP) is 3.90. The van der Waals surface area contributed by atoms with Crippen LogP contribution in [0, 0.1) is 0 Å². The normalized spacial score (nSPS) is 14.0.